The van der Waals surface area contributed by atoms with Crippen molar-refractivity contribution in [2.24, 2.45) is 0 Å². The van der Waals surface area contributed by atoms with Crippen molar-refractivity contribution in [1.29, 1.82) is 0 Å². The molecule has 0 bridgehead atoms. The average Bonchev–Trinajstić information content (AvgIpc) is 2.53. The lowest BCUT2D eigenvalue weighted by atomic mass is 10.0. The second kappa shape index (κ2) is 7.78. The summed E-state index contributed by atoms with van der Waals surface area (Å²) in [7, 11) is 0. The Kier molecular flexibility index (Phi) is 6.03. The fourth-order valence-electron chi connectivity index (χ4n) is 2.93. The van der Waals surface area contributed by atoms with Crippen LogP contribution in [0.1, 0.15) is 38.8 Å². The topological polar surface area (TPSA) is 44.7 Å². The molecule has 1 aromatic carbocycles. The van der Waals surface area contributed by atoms with Crippen molar-refractivity contribution < 1.29 is 9.84 Å². The molecule has 3 atom stereocenters. The maximum atomic E-state index is 9.29. The lowest BCUT2D eigenvalue weighted by Crippen LogP contribution is -2.49. The zero-order valence-corrected chi connectivity index (χ0v) is 13.4. The Morgan fingerprint density at radius 1 is 1.33 bits per heavy atom. The molecule has 0 radical (unpaired) electrons. The minimum Gasteiger partial charge on any atom is -0.394 e. The first-order chi connectivity index (χ1) is 10.2. The summed E-state index contributed by atoms with van der Waals surface area (Å²) in [6, 6.07) is 9.56. The molecular weight excluding hydrogens is 264 g/mol. The van der Waals surface area contributed by atoms with Gasteiger partial charge in [-0.25, -0.2) is 0 Å². The number of hydrogen-bond acceptors (Lipinski definition) is 4. The third-order valence-corrected chi connectivity index (χ3v) is 4.20. The van der Waals surface area contributed by atoms with Gasteiger partial charge >= 0.3 is 0 Å². The van der Waals surface area contributed by atoms with Crippen LogP contribution in [0, 0.1) is 0 Å². The molecule has 0 aromatic heterocycles. The number of nitrogens with one attached hydrogen (secondary N) is 1. The molecule has 2 rings (SSSR count). The molecule has 4 nitrogen and oxygen atoms in total. The molecule has 1 saturated heterocycles. The van der Waals surface area contributed by atoms with E-state index in [2.05, 4.69) is 55.3 Å². The van der Waals surface area contributed by atoms with Gasteiger partial charge in [0.1, 0.15) is 0 Å². The van der Waals surface area contributed by atoms with Crippen LogP contribution in [0.15, 0.2) is 24.3 Å². The molecule has 1 heterocycles. The Morgan fingerprint density at radius 2 is 2.05 bits per heavy atom. The van der Waals surface area contributed by atoms with E-state index in [4.69, 9.17) is 4.74 Å². The van der Waals surface area contributed by atoms with Crippen LogP contribution in [0.4, 0.5) is 5.69 Å². The highest BCUT2D eigenvalue weighted by Crippen LogP contribution is 2.25. The Hall–Kier alpha value is -1.10. The molecule has 4 heteroatoms. The second-order valence-corrected chi connectivity index (χ2v) is 5.75. The fraction of sp³-hybridized carbons (Fsp3) is 0.647. The van der Waals surface area contributed by atoms with E-state index in [1.807, 2.05) is 0 Å². The van der Waals surface area contributed by atoms with Gasteiger partial charge in [0.15, 0.2) is 0 Å². The van der Waals surface area contributed by atoms with Gasteiger partial charge in [-0.1, -0.05) is 26.0 Å². The van der Waals surface area contributed by atoms with E-state index < -0.39 is 0 Å². The molecule has 1 aromatic rings. The number of benzene rings is 1. The quantitative estimate of drug-likeness (QED) is 0.845. The zero-order valence-electron chi connectivity index (χ0n) is 13.4. The van der Waals surface area contributed by atoms with Crippen molar-refractivity contribution in [2.45, 2.75) is 45.4 Å². The van der Waals surface area contributed by atoms with E-state index >= 15 is 0 Å². The normalized spacial score (nSPS) is 24.1. The number of morpholine rings is 1. The third-order valence-electron chi connectivity index (χ3n) is 4.20. The first-order valence-electron chi connectivity index (χ1n) is 8.02. The minimum absolute atomic E-state index is 0.0778. The molecule has 2 N–H and O–H groups in total. The number of aliphatic hydroxyl groups excluding tert-OH is 1. The van der Waals surface area contributed by atoms with Gasteiger partial charge in [0, 0.05) is 24.3 Å². The maximum Gasteiger partial charge on any atom is 0.0981 e. The van der Waals surface area contributed by atoms with Crippen LogP contribution < -0.4 is 10.2 Å². The first-order valence-corrected chi connectivity index (χ1v) is 8.02. The molecule has 1 fully saturated rings. The molecule has 3 unspecified atom stereocenters. The Balaban J connectivity index is 2.10. The van der Waals surface area contributed by atoms with E-state index in [-0.39, 0.29) is 12.7 Å². The van der Waals surface area contributed by atoms with Crippen LogP contribution in [0.25, 0.3) is 0 Å². The van der Waals surface area contributed by atoms with E-state index in [0.717, 1.165) is 19.5 Å². The van der Waals surface area contributed by atoms with Gasteiger partial charge in [-0.15, -0.1) is 0 Å². The van der Waals surface area contributed by atoms with Gasteiger partial charge in [0.25, 0.3) is 0 Å². The molecule has 1 aliphatic rings. The monoisotopic (exact) mass is 292 g/mol. The number of aliphatic hydroxyl groups is 1. The highest BCUT2D eigenvalue weighted by atomic mass is 16.5. The molecule has 0 aliphatic carbocycles. The average molecular weight is 292 g/mol. The second-order valence-electron chi connectivity index (χ2n) is 5.75. The molecule has 118 valence electrons. The van der Waals surface area contributed by atoms with E-state index in [9.17, 15) is 5.11 Å². The predicted octanol–water partition coefficient (Wildman–Crippen LogP) is 2.33. The van der Waals surface area contributed by atoms with Gasteiger partial charge in [-0.3, -0.25) is 0 Å². The van der Waals surface area contributed by atoms with Crippen molar-refractivity contribution >= 4 is 5.69 Å². The number of hydrogen-bond donors (Lipinski definition) is 2. The lowest BCUT2D eigenvalue weighted by Gasteiger charge is -2.39. The molecule has 0 spiro atoms. The van der Waals surface area contributed by atoms with E-state index in [1.54, 1.807) is 0 Å². The maximum absolute atomic E-state index is 9.29. The number of nitrogens with zero attached hydrogens (tertiary/aromatic N) is 1. The lowest BCUT2D eigenvalue weighted by molar-refractivity contribution is -0.0103. The summed E-state index contributed by atoms with van der Waals surface area (Å²) in [5, 5.41) is 12.8. The highest BCUT2D eigenvalue weighted by molar-refractivity contribution is 5.49. The summed E-state index contributed by atoms with van der Waals surface area (Å²) >= 11 is 0. The van der Waals surface area contributed by atoms with Crippen molar-refractivity contribution in [3.63, 3.8) is 0 Å². The molecule has 0 saturated carbocycles. The smallest absolute Gasteiger partial charge is 0.0981 e. The zero-order chi connectivity index (χ0) is 15.2. The molecule has 1 aliphatic heterocycles. The Morgan fingerprint density at radius 3 is 2.62 bits per heavy atom. The van der Waals surface area contributed by atoms with Crippen LogP contribution in [0.2, 0.25) is 0 Å². The summed E-state index contributed by atoms with van der Waals surface area (Å²) < 4.78 is 5.60. The van der Waals surface area contributed by atoms with Crippen LogP contribution in [0.5, 0.6) is 0 Å². The van der Waals surface area contributed by atoms with Crippen molar-refractivity contribution in [3.8, 4) is 0 Å². The number of rotatable bonds is 6. The Bertz CT molecular complexity index is 421. The van der Waals surface area contributed by atoms with Crippen molar-refractivity contribution in [3.05, 3.63) is 29.8 Å². The summed E-state index contributed by atoms with van der Waals surface area (Å²) in [5.41, 5.74) is 2.54. The standard InChI is InChI=1S/C17H28N2O2/c1-4-17(18-5-2)14-6-8-15(9-7-14)19-10-16(11-20)21-12-13(19)3/h6-9,13,16-18,20H,4-5,10-12H2,1-3H3. The Labute approximate surface area is 128 Å². The van der Waals surface area contributed by atoms with Gasteiger partial charge in [-0.2, -0.15) is 0 Å². The van der Waals surface area contributed by atoms with Crippen LogP contribution in [-0.2, 0) is 4.74 Å². The van der Waals surface area contributed by atoms with Crippen molar-refractivity contribution in [1.82, 2.24) is 5.32 Å². The number of ether oxygens (including phenoxy) is 1. The number of anilines is 1. The summed E-state index contributed by atoms with van der Waals surface area (Å²) in [5.74, 6) is 0. The van der Waals surface area contributed by atoms with Crippen LogP contribution in [-0.4, -0.2) is 43.6 Å². The van der Waals surface area contributed by atoms with Crippen molar-refractivity contribution in [2.75, 3.05) is 31.2 Å². The van der Waals surface area contributed by atoms with Gasteiger partial charge in [0.05, 0.1) is 19.3 Å². The third kappa shape index (κ3) is 3.96. The minimum atomic E-state index is -0.0778. The summed E-state index contributed by atoms with van der Waals surface area (Å²) in [6.45, 7) is 9.00. The summed E-state index contributed by atoms with van der Waals surface area (Å²) in [6.07, 6.45) is 1.01. The van der Waals surface area contributed by atoms with Crippen LogP contribution in [0.3, 0.4) is 0 Å². The van der Waals surface area contributed by atoms with Gasteiger partial charge in [0.2, 0.25) is 0 Å². The summed E-state index contributed by atoms with van der Waals surface area (Å²) in [4.78, 5) is 2.32. The molecule has 21 heavy (non-hydrogen) atoms. The highest BCUT2D eigenvalue weighted by Gasteiger charge is 2.25. The van der Waals surface area contributed by atoms with E-state index in [0.29, 0.717) is 18.7 Å². The molecular formula is C17H28N2O2. The van der Waals surface area contributed by atoms with Gasteiger partial charge < -0.3 is 20.1 Å². The first kappa shape index (κ1) is 16.3. The molecule has 0 amide bonds. The van der Waals surface area contributed by atoms with Crippen LogP contribution >= 0.6 is 0 Å². The largest absolute Gasteiger partial charge is 0.394 e. The van der Waals surface area contributed by atoms with Gasteiger partial charge in [-0.05, 0) is 37.6 Å². The predicted molar refractivity (Wildman–Crippen MR) is 86.8 cm³/mol. The fourth-order valence-corrected chi connectivity index (χ4v) is 2.93. The SMILES string of the molecule is CCNC(CC)c1ccc(N2CC(CO)OCC2C)cc1. The van der Waals surface area contributed by atoms with E-state index in [1.165, 1.54) is 11.3 Å².